The molecule has 0 aliphatic heterocycles. The summed E-state index contributed by atoms with van der Waals surface area (Å²) < 4.78 is 5.13. The lowest BCUT2D eigenvalue weighted by atomic mass is 10.2. The molecular formula is C9H9ClO3. The molecule has 0 spiro atoms. The summed E-state index contributed by atoms with van der Waals surface area (Å²) in [4.78, 5) is 10.6. The summed E-state index contributed by atoms with van der Waals surface area (Å²) >= 11 is 5.76. The molecule has 0 saturated heterocycles. The van der Waals surface area contributed by atoms with Gasteiger partial charge < -0.3 is 9.84 Å². The van der Waals surface area contributed by atoms with Gasteiger partial charge >= 0.3 is 5.97 Å². The highest BCUT2D eigenvalue weighted by molar-refractivity contribution is 6.32. The van der Waals surface area contributed by atoms with Gasteiger partial charge in [-0.25, -0.2) is 4.79 Å². The van der Waals surface area contributed by atoms with Gasteiger partial charge in [-0.15, -0.1) is 0 Å². The molecule has 0 fully saturated rings. The molecule has 4 heteroatoms. The van der Waals surface area contributed by atoms with Gasteiger partial charge in [0.2, 0.25) is 0 Å². The molecule has 1 rings (SSSR count). The number of halogens is 1. The van der Waals surface area contributed by atoms with E-state index in [2.05, 4.69) is 0 Å². The van der Waals surface area contributed by atoms with Crippen molar-refractivity contribution in [3.05, 3.63) is 28.8 Å². The minimum Gasteiger partial charge on any atom is -0.492 e. The Bertz CT molecular complexity index is 323. The number of hydrogen-bond donors (Lipinski definition) is 1. The van der Waals surface area contributed by atoms with Crippen LogP contribution in [0.1, 0.15) is 17.3 Å². The van der Waals surface area contributed by atoms with Crippen molar-refractivity contribution < 1.29 is 14.6 Å². The molecule has 0 aromatic heterocycles. The van der Waals surface area contributed by atoms with Crippen LogP contribution in [0, 0.1) is 0 Å². The third-order valence-corrected chi connectivity index (χ3v) is 1.79. The Morgan fingerprint density at radius 2 is 2.31 bits per heavy atom. The Kier molecular flexibility index (Phi) is 3.14. The summed E-state index contributed by atoms with van der Waals surface area (Å²) in [7, 11) is 0. The number of rotatable bonds is 3. The van der Waals surface area contributed by atoms with Gasteiger partial charge in [0.25, 0.3) is 0 Å². The maximum Gasteiger partial charge on any atom is 0.335 e. The van der Waals surface area contributed by atoms with Crippen LogP contribution in [0.3, 0.4) is 0 Å². The first-order valence-corrected chi connectivity index (χ1v) is 4.18. The van der Waals surface area contributed by atoms with Crippen molar-refractivity contribution in [3.63, 3.8) is 0 Å². The van der Waals surface area contributed by atoms with Gasteiger partial charge in [-0.05, 0) is 25.1 Å². The first-order valence-electron chi connectivity index (χ1n) is 3.80. The Labute approximate surface area is 80.9 Å². The third-order valence-electron chi connectivity index (χ3n) is 1.48. The molecule has 0 atom stereocenters. The van der Waals surface area contributed by atoms with Crippen LogP contribution in [-0.2, 0) is 0 Å². The minimum atomic E-state index is -0.988. The highest BCUT2D eigenvalue weighted by Crippen LogP contribution is 2.25. The van der Waals surface area contributed by atoms with Crippen molar-refractivity contribution in [1.82, 2.24) is 0 Å². The molecule has 0 aliphatic rings. The topological polar surface area (TPSA) is 46.5 Å². The molecule has 13 heavy (non-hydrogen) atoms. The molecule has 1 aromatic carbocycles. The van der Waals surface area contributed by atoms with Crippen LogP contribution in [0.4, 0.5) is 0 Å². The van der Waals surface area contributed by atoms with E-state index in [4.69, 9.17) is 21.4 Å². The summed E-state index contributed by atoms with van der Waals surface area (Å²) in [6.45, 7) is 2.27. The van der Waals surface area contributed by atoms with Gasteiger partial charge in [0.15, 0.2) is 0 Å². The predicted molar refractivity (Wildman–Crippen MR) is 49.6 cm³/mol. The van der Waals surface area contributed by atoms with Gasteiger partial charge in [0.05, 0.1) is 17.2 Å². The smallest absolute Gasteiger partial charge is 0.335 e. The molecule has 1 aromatic rings. The van der Waals surface area contributed by atoms with E-state index in [0.29, 0.717) is 17.4 Å². The number of hydrogen-bond acceptors (Lipinski definition) is 2. The van der Waals surface area contributed by atoms with Crippen LogP contribution in [0.2, 0.25) is 5.02 Å². The van der Waals surface area contributed by atoms with Crippen molar-refractivity contribution >= 4 is 17.6 Å². The number of carbonyl (C=O) groups is 1. The monoisotopic (exact) mass is 200 g/mol. The second-order valence-corrected chi connectivity index (χ2v) is 2.79. The first-order chi connectivity index (χ1) is 6.15. The van der Waals surface area contributed by atoms with Gasteiger partial charge in [0, 0.05) is 0 Å². The van der Waals surface area contributed by atoms with E-state index >= 15 is 0 Å². The fraction of sp³-hybridized carbons (Fsp3) is 0.222. The highest BCUT2D eigenvalue weighted by Gasteiger charge is 2.07. The average Bonchev–Trinajstić information content (AvgIpc) is 2.08. The summed E-state index contributed by atoms with van der Waals surface area (Å²) in [5, 5.41) is 9.09. The van der Waals surface area contributed by atoms with Crippen LogP contribution in [0.15, 0.2) is 18.2 Å². The summed E-state index contributed by atoms with van der Waals surface area (Å²) in [6, 6.07) is 4.36. The van der Waals surface area contributed by atoms with Crippen molar-refractivity contribution in [3.8, 4) is 5.75 Å². The normalized spacial score (nSPS) is 9.69. The zero-order chi connectivity index (χ0) is 9.84. The maximum absolute atomic E-state index is 10.6. The Balaban J connectivity index is 3.03. The molecule has 1 N–H and O–H groups in total. The van der Waals surface area contributed by atoms with E-state index in [1.165, 1.54) is 18.2 Å². The van der Waals surface area contributed by atoms with Crippen molar-refractivity contribution in [2.75, 3.05) is 6.61 Å². The van der Waals surface area contributed by atoms with Crippen molar-refractivity contribution in [2.45, 2.75) is 6.92 Å². The summed E-state index contributed by atoms with van der Waals surface area (Å²) in [5.41, 5.74) is 0.174. The molecule has 3 nitrogen and oxygen atoms in total. The lowest BCUT2D eigenvalue weighted by molar-refractivity contribution is 0.0696. The molecule has 0 radical (unpaired) electrons. The fourth-order valence-electron chi connectivity index (χ4n) is 0.903. The summed E-state index contributed by atoms with van der Waals surface area (Å²) in [5.74, 6) is -0.582. The third kappa shape index (κ3) is 2.36. The zero-order valence-corrected chi connectivity index (χ0v) is 7.84. The lowest BCUT2D eigenvalue weighted by Gasteiger charge is -2.05. The van der Waals surface area contributed by atoms with E-state index in [9.17, 15) is 4.79 Å². The quantitative estimate of drug-likeness (QED) is 0.815. The van der Waals surface area contributed by atoms with Crippen LogP contribution in [-0.4, -0.2) is 17.7 Å². The molecular weight excluding hydrogens is 192 g/mol. The second kappa shape index (κ2) is 4.14. The van der Waals surface area contributed by atoms with E-state index in [-0.39, 0.29) is 5.56 Å². The van der Waals surface area contributed by atoms with Crippen LogP contribution < -0.4 is 4.74 Å². The lowest BCUT2D eigenvalue weighted by Crippen LogP contribution is -1.98. The predicted octanol–water partition coefficient (Wildman–Crippen LogP) is 2.44. The maximum atomic E-state index is 10.6. The van der Waals surface area contributed by atoms with E-state index in [1.54, 1.807) is 0 Å². The second-order valence-electron chi connectivity index (χ2n) is 2.38. The van der Waals surface area contributed by atoms with E-state index in [0.717, 1.165) is 0 Å². The van der Waals surface area contributed by atoms with Crippen LogP contribution in [0.5, 0.6) is 5.75 Å². The van der Waals surface area contributed by atoms with E-state index < -0.39 is 5.97 Å². The SMILES string of the molecule is CCOc1cc(C(=O)O)ccc1Cl. The molecule has 0 amide bonds. The first kappa shape index (κ1) is 9.86. The number of carboxylic acid groups (broad SMARTS) is 1. The molecule has 0 saturated carbocycles. The number of aromatic carboxylic acids is 1. The van der Waals surface area contributed by atoms with Crippen molar-refractivity contribution in [1.29, 1.82) is 0 Å². The van der Waals surface area contributed by atoms with Gasteiger partial charge in [-0.3, -0.25) is 0 Å². The molecule has 70 valence electrons. The summed E-state index contributed by atoms with van der Waals surface area (Å²) in [6.07, 6.45) is 0. The minimum absolute atomic E-state index is 0.174. The molecule has 0 unspecified atom stereocenters. The zero-order valence-electron chi connectivity index (χ0n) is 7.08. The largest absolute Gasteiger partial charge is 0.492 e. The fourth-order valence-corrected chi connectivity index (χ4v) is 1.07. The van der Waals surface area contributed by atoms with Gasteiger partial charge in [0.1, 0.15) is 5.75 Å². The molecule has 0 heterocycles. The van der Waals surface area contributed by atoms with Gasteiger partial charge in [-0.2, -0.15) is 0 Å². The Morgan fingerprint density at radius 1 is 1.62 bits per heavy atom. The number of carboxylic acids is 1. The van der Waals surface area contributed by atoms with E-state index in [1.807, 2.05) is 6.92 Å². The number of ether oxygens (including phenoxy) is 1. The number of benzene rings is 1. The Morgan fingerprint density at radius 3 is 2.85 bits per heavy atom. The van der Waals surface area contributed by atoms with Crippen LogP contribution in [0.25, 0.3) is 0 Å². The highest BCUT2D eigenvalue weighted by atomic mass is 35.5. The van der Waals surface area contributed by atoms with Gasteiger partial charge in [-0.1, -0.05) is 11.6 Å². The Hall–Kier alpha value is -1.22. The standard InChI is InChI=1S/C9H9ClO3/c1-2-13-8-5-6(9(11)12)3-4-7(8)10/h3-5H,2H2,1H3,(H,11,12). The molecule has 0 bridgehead atoms. The van der Waals surface area contributed by atoms with Crippen molar-refractivity contribution in [2.24, 2.45) is 0 Å². The average molecular weight is 201 g/mol. The molecule has 0 aliphatic carbocycles. The van der Waals surface area contributed by atoms with Crippen LogP contribution >= 0.6 is 11.6 Å².